The Morgan fingerprint density at radius 1 is 1.52 bits per heavy atom. The van der Waals surface area contributed by atoms with Gasteiger partial charge >= 0.3 is 5.97 Å². The Morgan fingerprint density at radius 2 is 2.24 bits per heavy atom. The lowest BCUT2D eigenvalue weighted by atomic mass is 10.1. The third-order valence-electron chi connectivity index (χ3n) is 3.32. The summed E-state index contributed by atoms with van der Waals surface area (Å²) in [7, 11) is 0. The SMILES string of the molecule is CCOC(=O)c1cc(N)cc(Cl)c1N1CCSC(C)(C)C1. The number of benzene rings is 1. The van der Waals surface area contributed by atoms with Crippen LogP contribution in [0.25, 0.3) is 0 Å². The molecule has 2 rings (SSSR count). The number of nitrogens with two attached hydrogens (primary N) is 1. The van der Waals surface area contributed by atoms with Gasteiger partial charge in [-0.3, -0.25) is 0 Å². The second kappa shape index (κ2) is 6.36. The number of esters is 1. The summed E-state index contributed by atoms with van der Waals surface area (Å²) >= 11 is 8.30. The summed E-state index contributed by atoms with van der Waals surface area (Å²) in [5.74, 6) is 0.619. The van der Waals surface area contributed by atoms with Crippen molar-refractivity contribution >= 4 is 40.7 Å². The normalized spacial score (nSPS) is 17.6. The third kappa shape index (κ3) is 3.77. The lowest BCUT2D eigenvalue weighted by molar-refractivity contribution is 0.0527. The number of anilines is 2. The molecule has 1 aromatic carbocycles. The average molecular weight is 329 g/mol. The number of nitrogens with zero attached hydrogens (tertiary/aromatic N) is 1. The van der Waals surface area contributed by atoms with Crippen LogP contribution in [-0.2, 0) is 4.74 Å². The van der Waals surface area contributed by atoms with Crippen LogP contribution >= 0.6 is 23.4 Å². The summed E-state index contributed by atoms with van der Waals surface area (Å²) in [5.41, 5.74) is 7.48. The molecule has 21 heavy (non-hydrogen) atoms. The van der Waals surface area contributed by atoms with E-state index in [4.69, 9.17) is 22.1 Å². The minimum absolute atomic E-state index is 0.120. The van der Waals surface area contributed by atoms with E-state index in [0.29, 0.717) is 22.9 Å². The fraction of sp³-hybridized carbons (Fsp3) is 0.533. The highest BCUT2D eigenvalue weighted by atomic mass is 35.5. The standard InChI is InChI=1S/C15H21ClN2O2S/c1-4-20-14(19)11-7-10(17)8-12(16)13(11)18-5-6-21-15(2,3)9-18/h7-8H,4-6,9,17H2,1-3H3. The number of thioether (sulfide) groups is 1. The summed E-state index contributed by atoms with van der Waals surface area (Å²) < 4.78 is 5.26. The third-order valence-corrected chi connectivity index (χ3v) is 4.91. The van der Waals surface area contributed by atoms with Gasteiger partial charge in [-0.25, -0.2) is 4.79 Å². The molecule has 0 aliphatic carbocycles. The zero-order chi connectivity index (χ0) is 15.6. The molecule has 0 aromatic heterocycles. The molecule has 0 bridgehead atoms. The van der Waals surface area contributed by atoms with E-state index in [1.165, 1.54) is 0 Å². The zero-order valence-corrected chi connectivity index (χ0v) is 14.2. The molecule has 0 radical (unpaired) electrons. The summed E-state index contributed by atoms with van der Waals surface area (Å²) in [4.78, 5) is 14.4. The molecule has 116 valence electrons. The van der Waals surface area contributed by atoms with Gasteiger partial charge in [0.15, 0.2) is 0 Å². The van der Waals surface area contributed by atoms with Crippen molar-refractivity contribution in [3.63, 3.8) is 0 Å². The van der Waals surface area contributed by atoms with Gasteiger partial charge in [-0.1, -0.05) is 11.6 Å². The van der Waals surface area contributed by atoms with Crippen molar-refractivity contribution < 1.29 is 9.53 Å². The molecule has 6 heteroatoms. The first-order valence-corrected chi connectivity index (χ1v) is 8.35. The van der Waals surface area contributed by atoms with E-state index in [-0.39, 0.29) is 10.7 Å². The maximum Gasteiger partial charge on any atom is 0.340 e. The lowest BCUT2D eigenvalue weighted by Gasteiger charge is -2.39. The van der Waals surface area contributed by atoms with Crippen molar-refractivity contribution in [2.45, 2.75) is 25.5 Å². The van der Waals surface area contributed by atoms with Gasteiger partial charge in [0.05, 0.1) is 22.9 Å². The number of nitrogen functional groups attached to an aromatic ring is 1. The summed E-state index contributed by atoms with van der Waals surface area (Å²) in [6.07, 6.45) is 0. The van der Waals surface area contributed by atoms with E-state index in [1.807, 2.05) is 11.8 Å². The average Bonchev–Trinajstić information content (AvgIpc) is 2.36. The maximum absolute atomic E-state index is 12.2. The number of hydrogen-bond acceptors (Lipinski definition) is 5. The number of halogens is 1. The van der Waals surface area contributed by atoms with Crippen molar-refractivity contribution in [2.24, 2.45) is 0 Å². The predicted molar refractivity (Wildman–Crippen MR) is 90.6 cm³/mol. The van der Waals surface area contributed by atoms with Gasteiger partial charge in [-0.2, -0.15) is 11.8 Å². The lowest BCUT2D eigenvalue weighted by Crippen LogP contribution is -2.44. The molecule has 0 unspecified atom stereocenters. The zero-order valence-electron chi connectivity index (χ0n) is 12.6. The van der Waals surface area contributed by atoms with Crippen LogP contribution in [0.15, 0.2) is 12.1 Å². The highest BCUT2D eigenvalue weighted by Gasteiger charge is 2.31. The minimum Gasteiger partial charge on any atom is -0.462 e. The van der Waals surface area contributed by atoms with Crippen LogP contribution < -0.4 is 10.6 Å². The molecule has 0 saturated carbocycles. The van der Waals surface area contributed by atoms with E-state index in [1.54, 1.807) is 19.1 Å². The number of carbonyl (C=O) groups is 1. The van der Waals surface area contributed by atoms with Crippen LogP contribution in [0.3, 0.4) is 0 Å². The Morgan fingerprint density at radius 3 is 2.86 bits per heavy atom. The van der Waals surface area contributed by atoms with Gasteiger partial charge in [0.1, 0.15) is 0 Å². The van der Waals surface area contributed by atoms with Gasteiger partial charge in [0.25, 0.3) is 0 Å². The van der Waals surface area contributed by atoms with Gasteiger partial charge in [0, 0.05) is 29.3 Å². The second-order valence-corrected chi connectivity index (χ2v) is 7.86. The summed E-state index contributed by atoms with van der Waals surface area (Å²) in [6, 6.07) is 3.34. The molecule has 2 N–H and O–H groups in total. The van der Waals surface area contributed by atoms with Crippen LogP contribution in [-0.4, -0.2) is 36.2 Å². The molecular weight excluding hydrogens is 308 g/mol. The molecule has 1 fully saturated rings. The highest BCUT2D eigenvalue weighted by molar-refractivity contribution is 8.00. The van der Waals surface area contributed by atoms with E-state index >= 15 is 0 Å². The van der Waals surface area contributed by atoms with Crippen LogP contribution in [0, 0.1) is 0 Å². The largest absolute Gasteiger partial charge is 0.462 e. The molecule has 1 aliphatic heterocycles. The fourth-order valence-corrected chi connectivity index (χ4v) is 3.97. The molecular formula is C15H21ClN2O2S. The van der Waals surface area contributed by atoms with E-state index < -0.39 is 0 Å². The number of carbonyl (C=O) groups excluding carboxylic acids is 1. The van der Waals surface area contributed by atoms with E-state index in [2.05, 4.69) is 18.7 Å². The van der Waals surface area contributed by atoms with Gasteiger partial charge in [0.2, 0.25) is 0 Å². The van der Waals surface area contributed by atoms with Crippen LogP contribution in [0.4, 0.5) is 11.4 Å². The van der Waals surface area contributed by atoms with Crippen LogP contribution in [0.2, 0.25) is 5.02 Å². The Kier molecular flexibility index (Phi) is 4.94. The first kappa shape index (κ1) is 16.3. The first-order chi connectivity index (χ1) is 9.84. The number of hydrogen-bond donors (Lipinski definition) is 1. The smallest absolute Gasteiger partial charge is 0.340 e. The van der Waals surface area contributed by atoms with Crippen LogP contribution in [0.1, 0.15) is 31.1 Å². The summed E-state index contributed by atoms with van der Waals surface area (Å²) in [6.45, 7) is 8.17. The minimum atomic E-state index is -0.377. The Balaban J connectivity index is 2.44. The summed E-state index contributed by atoms with van der Waals surface area (Å²) in [5, 5.41) is 0.501. The molecule has 0 atom stereocenters. The first-order valence-electron chi connectivity index (χ1n) is 6.99. The molecule has 4 nitrogen and oxygen atoms in total. The van der Waals surface area contributed by atoms with Crippen molar-refractivity contribution in [2.75, 3.05) is 36.1 Å². The number of rotatable bonds is 3. The Hall–Kier alpha value is -1.07. The highest BCUT2D eigenvalue weighted by Crippen LogP contribution is 2.38. The van der Waals surface area contributed by atoms with E-state index in [0.717, 1.165) is 24.5 Å². The number of ether oxygens (including phenoxy) is 1. The van der Waals surface area contributed by atoms with Crippen molar-refractivity contribution in [1.82, 2.24) is 0 Å². The van der Waals surface area contributed by atoms with Crippen molar-refractivity contribution in [3.05, 3.63) is 22.7 Å². The molecule has 1 aliphatic rings. The van der Waals surface area contributed by atoms with Gasteiger partial charge < -0.3 is 15.4 Å². The maximum atomic E-state index is 12.2. The van der Waals surface area contributed by atoms with E-state index in [9.17, 15) is 4.79 Å². The molecule has 0 amide bonds. The quantitative estimate of drug-likeness (QED) is 0.680. The topological polar surface area (TPSA) is 55.6 Å². The fourth-order valence-electron chi connectivity index (χ4n) is 2.51. The van der Waals surface area contributed by atoms with Gasteiger partial charge in [-0.05, 0) is 32.9 Å². The van der Waals surface area contributed by atoms with Gasteiger partial charge in [-0.15, -0.1) is 0 Å². The molecule has 1 heterocycles. The van der Waals surface area contributed by atoms with Crippen molar-refractivity contribution in [3.8, 4) is 0 Å². The molecule has 1 saturated heterocycles. The predicted octanol–water partition coefficient (Wildman–Crippen LogP) is 3.43. The Labute approximate surface area is 135 Å². The van der Waals surface area contributed by atoms with Crippen molar-refractivity contribution in [1.29, 1.82) is 0 Å². The monoisotopic (exact) mass is 328 g/mol. The molecule has 0 spiro atoms. The Bertz CT molecular complexity index is 549. The van der Waals surface area contributed by atoms with Crippen LogP contribution in [0.5, 0.6) is 0 Å². The molecule has 1 aromatic rings. The second-order valence-electron chi connectivity index (χ2n) is 5.65.